The third-order valence-electron chi connectivity index (χ3n) is 3.37. The molecule has 0 bridgehead atoms. The van der Waals surface area contributed by atoms with Crippen LogP contribution in [0.4, 0.5) is 17.2 Å². The van der Waals surface area contributed by atoms with Gasteiger partial charge < -0.3 is 23.7 Å². The molecule has 0 spiro atoms. The van der Waals surface area contributed by atoms with Crippen LogP contribution in [-0.2, 0) is 12.6 Å². The molecule has 0 unspecified atom stereocenters. The van der Waals surface area contributed by atoms with Gasteiger partial charge in [-0.3, -0.25) is 14.9 Å². The van der Waals surface area contributed by atoms with Crippen LogP contribution in [0.3, 0.4) is 0 Å². The molecule has 0 aliphatic heterocycles. The molecule has 1 heterocycles. The molecule has 6 nitrogen and oxygen atoms in total. The van der Waals surface area contributed by atoms with E-state index in [1.165, 1.54) is 4.68 Å². The molecule has 0 aliphatic rings. The summed E-state index contributed by atoms with van der Waals surface area (Å²) < 4.78 is 1.28. The molecule has 2 aromatic carbocycles. The van der Waals surface area contributed by atoms with Gasteiger partial charge in [-0.1, -0.05) is 41.4 Å². The molecule has 0 saturated carbocycles. The summed E-state index contributed by atoms with van der Waals surface area (Å²) in [4.78, 5) is 16.5. The quantitative estimate of drug-likeness (QED) is 0.181. The number of aromatic amines is 1. The Morgan fingerprint density at radius 1 is 1.12 bits per heavy atom. The van der Waals surface area contributed by atoms with Crippen molar-refractivity contribution in [3.63, 3.8) is 0 Å². The van der Waals surface area contributed by atoms with E-state index in [2.05, 4.69) is 15.4 Å². The van der Waals surface area contributed by atoms with Crippen LogP contribution in [0.2, 0.25) is 0 Å². The van der Waals surface area contributed by atoms with Gasteiger partial charge in [-0.2, -0.15) is 0 Å². The van der Waals surface area contributed by atoms with Crippen LogP contribution in [-0.4, -0.2) is 19.9 Å². The molecular weight excluding hydrogens is 393 g/mol. The Morgan fingerprint density at radius 3 is 2.31 bits per heavy atom. The Morgan fingerprint density at radius 2 is 1.69 bits per heavy atom. The van der Waals surface area contributed by atoms with Gasteiger partial charge in [0.1, 0.15) is 5.82 Å². The van der Waals surface area contributed by atoms with E-state index < -0.39 is 5.56 Å². The van der Waals surface area contributed by atoms with E-state index in [1.807, 2.05) is 48.5 Å². The molecule has 1 aromatic heterocycles. The fourth-order valence-corrected chi connectivity index (χ4v) is 2.75. The Hall–Kier alpha value is -1.33. The molecule has 9 heteroatoms. The minimum absolute atomic E-state index is 0. The largest absolute Gasteiger partial charge is 1.00 e. The molecule has 0 fully saturated rings. The van der Waals surface area contributed by atoms with Crippen molar-refractivity contribution in [2.75, 3.05) is 11.1 Å². The molecule has 3 rings (SSSR count). The number of rotatable bonds is 3. The number of benzene rings is 2. The first-order valence-corrected chi connectivity index (χ1v) is 8.16. The van der Waals surface area contributed by atoms with Crippen LogP contribution < -0.4 is 68.0 Å². The zero-order chi connectivity index (χ0) is 17.8. The number of hydrogen-bond donors (Lipinski definition) is 3. The van der Waals surface area contributed by atoms with Crippen molar-refractivity contribution in [2.45, 2.75) is 0 Å². The summed E-state index contributed by atoms with van der Waals surface area (Å²) in [7, 11) is 0. The van der Waals surface area contributed by atoms with Crippen molar-refractivity contribution in [1.29, 1.82) is 0 Å². The summed E-state index contributed by atoms with van der Waals surface area (Å²) in [6, 6.07) is 18.4. The van der Waals surface area contributed by atoms with Gasteiger partial charge in [-0.15, -0.1) is 0 Å². The number of nitrogen functional groups attached to an aromatic ring is 1. The second-order valence-electron chi connectivity index (χ2n) is 5.09. The van der Waals surface area contributed by atoms with Crippen molar-refractivity contribution in [3.8, 4) is 0 Å². The van der Waals surface area contributed by atoms with E-state index in [4.69, 9.17) is 30.6 Å². The van der Waals surface area contributed by atoms with Crippen molar-refractivity contribution in [3.05, 3.63) is 76.6 Å². The maximum absolute atomic E-state index is 12.3. The minimum atomic E-state index is -0.445. The molecule has 0 saturated heterocycles. The maximum atomic E-state index is 12.3. The van der Waals surface area contributed by atoms with Crippen LogP contribution in [0.1, 0.15) is 5.56 Å². The van der Waals surface area contributed by atoms with Gasteiger partial charge in [0, 0.05) is 5.69 Å². The summed E-state index contributed by atoms with van der Waals surface area (Å²) >= 11 is 10.6. The van der Waals surface area contributed by atoms with Crippen molar-refractivity contribution in [1.82, 2.24) is 9.78 Å². The van der Waals surface area contributed by atoms with E-state index in [0.29, 0.717) is 5.69 Å². The van der Waals surface area contributed by atoms with Crippen LogP contribution in [0.5, 0.6) is 0 Å². The summed E-state index contributed by atoms with van der Waals surface area (Å²) in [6.45, 7) is 0. The average Bonchev–Trinajstić information content (AvgIpc) is 2.91. The van der Waals surface area contributed by atoms with Gasteiger partial charge in [0.25, 0.3) is 5.56 Å². The van der Waals surface area contributed by atoms with Crippen LogP contribution in [0.15, 0.2) is 70.5 Å². The number of aliphatic imine (C=N–C) groups is 1. The molecule has 0 amide bonds. The standard InChI is InChI=1S/C17H15N5OS2.K/c18-14-13(16(24)19-11-7-3-1-4-8-11)15(23)21-22(14)17(25)20-12-9-5-2-6-10-12;/h1-10H,18H2,(H,19,24)(H,20,25)(H,21,23);/q;+1/p-1. The molecule has 3 aromatic rings. The molecule has 4 N–H and O–H groups in total. The van der Waals surface area contributed by atoms with Gasteiger partial charge in [0.15, 0.2) is 5.11 Å². The fraction of sp³-hybridized carbons (Fsp3) is 0. The van der Waals surface area contributed by atoms with E-state index in [0.717, 1.165) is 5.69 Å². The maximum Gasteiger partial charge on any atom is 1.00 e. The molecule has 0 atom stereocenters. The van der Waals surface area contributed by atoms with Gasteiger partial charge in [-0.25, -0.2) is 4.68 Å². The Kier molecular flexibility index (Phi) is 7.71. The van der Waals surface area contributed by atoms with E-state index in [1.54, 1.807) is 12.1 Å². The summed E-state index contributed by atoms with van der Waals surface area (Å²) in [5.74, 6) is 0.114. The van der Waals surface area contributed by atoms with Crippen LogP contribution >= 0.6 is 12.2 Å². The van der Waals surface area contributed by atoms with E-state index in [9.17, 15) is 4.79 Å². The normalized spacial score (nSPS) is 10.8. The van der Waals surface area contributed by atoms with Gasteiger partial charge >= 0.3 is 51.4 Å². The van der Waals surface area contributed by atoms with Crippen molar-refractivity contribution in [2.24, 2.45) is 4.99 Å². The molecule has 26 heavy (non-hydrogen) atoms. The number of anilines is 2. The zero-order valence-corrected chi connectivity index (χ0v) is 18.7. The fourth-order valence-electron chi connectivity index (χ4n) is 2.19. The first kappa shape index (κ1) is 21.0. The number of hydrogen-bond acceptors (Lipinski definition) is 5. The van der Waals surface area contributed by atoms with E-state index in [-0.39, 0.29) is 72.9 Å². The second-order valence-corrected chi connectivity index (χ2v) is 5.86. The Balaban J connectivity index is 0.00000243. The molecule has 0 aliphatic carbocycles. The zero-order valence-electron chi connectivity index (χ0n) is 14.0. The Bertz CT molecular complexity index is 983. The van der Waals surface area contributed by atoms with Gasteiger partial charge in [-0.05, 0) is 36.5 Å². The summed E-state index contributed by atoms with van der Waals surface area (Å²) in [5, 5.41) is 5.92. The number of aromatic nitrogens is 2. The summed E-state index contributed by atoms with van der Waals surface area (Å²) in [5.41, 5.74) is 7.17. The molecular formula is C17H14KN5OS2. The monoisotopic (exact) mass is 407 g/mol. The molecule has 126 valence electrons. The second kappa shape index (κ2) is 9.56. The average molecular weight is 408 g/mol. The van der Waals surface area contributed by atoms with Crippen LogP contribution in [0.25, 0.3) is 0 Å². The number of thiocarbonyl (C=S) groups is 1. The number of nitrogens with one attached hydrogen (secondary N) is 2. The number of para-hydroxylation sites is 2. The topological polar surface area (TPSA) is 88.2 Å². The predicted octanol–water partition coefficient (Wildman–Crippen LogP) is -0.367. The first-order chi connectivity index (χ1) is 12.1. The number of nitrogens with two attached hydrogens (primary N) is 1. The summed E-state index contributed by atoms with van der Waals surface area (Å²) in [6.07, 6.45) is 0. The third kappa shape index (κ3) is 4.89. The van der Waals surface area contributed by atoms with E-state index >= 15 is 0 Å². The van der Waals surface area contributed by atoms with Crippen molar-refractivity contribution < 1.29 is 51.4 Å². The smallest absolute Gasteiger partial charge is 0.759 e. The number of nitrogens with zero attached hydrogens (tertiary/aromatic N) is 2. The van der Waals surface area contributed by atoms with Crippen LogP contribution in [0, 0.1) is 0 Å². The molecule has 0 radical (unpaired) electrons. The predicted molar refractivity (Wildman–Crippen MR) is 108 cm³/mol. The SMILES string of the molecule is Nc1c(C([S-])=Nc2ccccc2)c(=O)[nH]n1C(=S)Nc1ccccc1.[K+]. The Labute approximate surface area is 203 Å². The number of H-pyrrole nitrogens is 1. The van der Waals surface area contributed by atoms with Gasteiger partial charge in [0.2, 0.25) is 0 Å². The minimum Gasteiger partial charge on any atom is -0.759 e. The third-order valence-corrected chi connectivity index (χ3v) is 3.95. The first-order valence-electron chi connectivity index (χ1n) is 7.34. The van der Waals surface area contributed by atoms with Crippen molar-refractivity contribution >= 4 is 52.2 Å². The van der Waals surface area contributed by atoms with Gasteiger partial charge in [0.05, 0.1) is 11.3 Å².